The summed E-state index contributed by atoms with van der Waals surface area (Å²) in [7, 11) is 5.01. The molecule has 0 unspecified atom stereocenters. The zero-order chi connectivity index (χ0) is 15.9. The van der Waals surface area contributed by atoms with Gasteiger partial charge in [0.2, 0.25) is 0 Å². The number of thioether (sulfide) groups is 1. The minimum absolute atomic E-state index is 0.734. The lowest BCUT2D eigenvalue weighted by atomic mass is 10.2. The third-order valence-electron chi connectivity index (χ3n) is 3.43. The highest BCUT2D eigenvalue weighted by atomic mass is 32.2. The summed E-state index contributed by atoms with van der Waals surface area (Å²) in [5, 5.41) is 0. The molecule has 122 valence electrons. The normalized spacial score (nSPS) is 16.0. The van der Waals surface area contributed by atoms with Gasteiger partial charge in [-0.2, -0.15) is 0 Å². The summed E-state index contributed by atoms with van der Waals surface area (Å²) in [4.78, 5) is 4.52. The van der Waals surface area contributed by atoms with Crippen LogP contribution in [0.3, 0.4) is 0 Å². The number of rotatable bonds is 7. The summed E-state index contributed by atoms with van der Waals surface area (Å²) in [5.74, 6) is 2.40. The van der Waals surface area contributed by atoms with Crippen LogP contribution >= 0.6 is 24.0 Å². The van der Waals surface area contributed by atoms with Gasteiger partial charge < -0.3 is 19.1 Å². The van der Waals surface area contributed by atoms with Crippen LogP contribution in [0.15, 0.2) is 18.2 Å². The summed E-state index contributed by atoms with van der Waals surface area (Å²) in [6, 6.07) is 5.97. The van der Waals surface area contributed by atoms with Gasteiger partial charge in [-0.25, -0.2) is 0 Å². The molecule has 7 heteroatoms. The lowest BCUT2D eigenvalue weighted by Gasteiger charge is -2.36. The third kappa shape index (κ3) is 4.49. The van der Waals surface area contributed by atoms with Crippen molar-refractivity contribution in [3.8, 4) is 11.5 Å². The largest absolute Gasteiger partial charge is 0.493 e. The molecule has 0 radical (unpaired) electrons. The second-order valence-electron chi connectivity index (χ2n) is 4.96. The van der Waals surface area contributed by atoms with E-state index in [4.69, 9.17) is 26.4 Å². The SMILES string of the molecule is COCCN1CSC(=S)N(Cc2ccc(OC)c(OC)c2)C1. The number of ether oxygens (including phenoxy) is 3. The molecule has 0 bridgehead atoms. The first-order valence-corrected chi connectivity index (χ1v) is 8.41. The molecular weight excluding hydrogens is 320 g/mol. The second kappa shape index (κ2) is 8.57. The Balaban J connectivity index is 2.03. The van der Waals surface area contributed by atoms with Gasteiger partial charge in [0.25, 0.3) is 0 Å². The van der Waals surface area contributed by atoms with Crippen LogP contribution < -0.4 is 9.47 Å². The van der Waals surface area contributed by atoms with E-state index in [1.165, 1.54) is 0 Å². The molecule has 0 N–H and O–H groups in total. The molecule has 1 aliphatic rings. The predicted octanol–water partition coefficient (Wildman–Crippen LogP) is 2.40. The van der Waals surface area contributed by atoms with Gasteiger partial charge >= 0.3 is 0 Å². The molecule has 1 aromatic carbocycles. The Kier molecular flexibility index (Phi) is 6.75. The molecule has 1 fully saturated rings. The van der Waals surface area contributed by atoms with E-state index < -0.39 is 0 Å². The fourth-order valence-electron chi connectivity index (χ4n) is 2.25. The maximum atomic E-state index is 5.48. The van der Waals surface area contributed by atoms with Crippen molar-refractivity contribution < 1.29 is 14.2 Å². The van der Waals surface area contributed by atoms with Crippen molar-refractivity contribution in [3.63, 3.8) is 0 Å². The lowest BCUT2D eigenvalue weighted by Crippen LogP contribution is -2.45. The molecule has 0 aliphatic carbocycles. The lowest BCUT2D eigenvalue weighted by molar-refractivity contribution is 0.131. The van der Waals surface area contributed by atoms with Crippen LogP contribution in [-0.4, -0.2) is 61.1 Å². The van der Waals surface area contributed by atoms with Crippen LogP contribution in [0.2, 0.25) is 0 Å². The topological polar surface area (TPSA) is 34.2 Å². The Labute approximate surface area is 141 Å². The number of hydrogen-bond acceptors (Lipinski definition) is 6. The van der Waals surface area contributed by atoms with Crippen LogP contribution in [0.4, 0.5) is 0 Å². The molecule has 5 nitrogen and oxygen atoms in total. The minimum atomic E-state index is 0.734. The fraction of sp³-hybridized carbons (Fsp3) is 0.533. The van der Waals surface area contributed by atoms with E-state index in [0.29, 0.717) is 0 Å². The molecule has 1 aliphatic heterocycles. The van der Waals surface area contributed by atoms with Gasteiger partial charge in [0.05, 0.1) is 33.4 Å². The highest BCUT2D eigenvalue weighted by Crippen LogP contribution is 2.29. The van der Waals surface area contributed by atoms with Gasteiger partial charge in [0.15, 0.2) is 11.5 Å². The molecular formula is C15H22N2O3S2. The highest BCUT2D eigenvalue weighted by molar-refractivity contribution is 8.22. The maximum absolute atomic E-state index is 5.48. The van der Waals surface area contributed by atoms with E-state index in [1.54, 1.807) is 33.1 Å². The molecule has 0 amide bonds. The van der Waals surface area contributed by atoms with Crippen molar-refractivity contribution in [2.45, 2.75) is 6.54 Å². The summed E-state index contributed by atoms with van der Waals surface area (Å²) < 4.78 is 16.7. The van der Waals surface area contributed by atoms with Gasteiger partial charge in [-0.15, -0.1) is 0 Å². The zero-order valence-electron chi connectivity index (χ0n) is 13.2. The van der Waals surface area contributed by atoms with Crippen molar-refractivity contribution in [3.05, 3.63) is 23.8 Å². The van der Waals surface area contributed by atoms with E-state index in [2.05, 4.69) is 9.80 Å². The van der Waals surface area contributed by atoms with Crippen molar-refractivity contribution in [1.82, 2.24) is 9.80 Å². The van der Waals surface area contributed by atoms with Crippen LogP contribution in [0.25, 0.3) is 0 Å². The van der Waals surface area contributed by atoms with Crippen molar-refractivity contribution in [2.24, 2.45) is 0 Å². The predicted molar refractivity (Wildman–Crippen MR) is 93.6 cm³/mol. The molecule has 0 spiro atoms. The van der Waals surface area contributed by atoms with Gasteiger partial charge in [0.1, 0.15) is 4.32 Å². The smallest absolute Gasteiger partial charge is 0.161 e. The van der Waals surface area contributed by atoms with Crippen LogP contribution in [-0.2, 0) is 11.3 Å². The fourth-order valence-corrected chi connectivity index (χ4v) is 3.34. The molecule has 2 rings (SSSR count). The average molecular weight is 342 g/mol. The van der Waals surface area contributed by atoms with E-state index in [0.717, 1.165) is 53.6 Å². The highest BCUT2D eigenvalue weighted by Gasteiger charge is 2.21. The molecule has 0 saturated carbocycles. The zero-order valence-corrected chi connectivity index (χ0v) is 14.8. The first-order valence-electron chi connectivity index (χ1n) is 7.01. The van der Waals surface area contributed by atoms with Crippen molar-refractivity contribution >= 4 is 28.3 Å². The first-order chi connectivity index (χ1) is 10.7. The Bertz CT molecular complexity index is 514. The van der Waals surface area contributed by atoms with E-state index in [9.17, 15) is 0 Å². The minimum Gasteiger partial charge on any atom is -0.493 e. The molecule has 1 heterocycles. The number of hydrogen-bond donors (Lipinski definition) is 0. The molecule has 1 saturated heterocycles. The van der Waals surface area contributed by atoms with Gasteiger partial charge in [-0.1, -0.05) is 30.0 Å². The molecule has 1 aromatic rings. The number of benzene rings is 1. The van der Waals surface area contributed by atoms with Crippen molar-refractivity contribution in [1.29, 1.82) is 0 Å². The average Bonchev–Trinajstić information content (AvgIpc) is 2.55. The van der Waals surface area contributed by atoms with Crippen LogP contribution in [0.1, 0.15) is 5.56 Å². The Morgan fingerprint density at radius 1 is 1.18 bits per heavy atom. The van der Waals surface area contributed by atoms with E-state index in [-0.39, 0.29) is 0 Å². The Morgan fingerprint density at radius 3 is 2.64 bits per heavy atom. The maximum Gasteiger partial charge on any atom is 0.161 e. The monoisotopic (exact) mass is 342 g/mol. The van der Waals surface area contributed by atoms with Crippen LogP contribution in [0.5, 0.6) is 11.5 Å². The van der Waals surface area contributed by atoms with E-state index in [1.807, 2.05) is 18.2 Å². The second-order valence-corrected chi connectivity index (χ2v) is 6.53. The summed E-state index contributed by atoms with van der Waals surface area (Å²) in [6.45, 7) is 3.23. The molecule has 0 atom stereocenters. The standard InChI is InChI=1S/C15H22N2O3S2/c1-18-7-6-16-10-17(15(21)22-11-16)9-12-4-5-13(19-2)14(8-12)20-3/h4-5,8H,6-7,9-11H2,1-3H3. The Hall–Kier alpha value is -1.02. The third-order valence-corrected chi connectivity index (χ3v) is 5.04. The van der Waals surface area contributed by atoms with Crippen molar-refractivity contribution in [2.75, 3.05) is 47.0 Å². The van der Waals surface area contributed by atoms with Gasteiger partial charge in [-0.3, -0.25) is 4.90 Å². The molecule has 22 heavy (non-hydrogen) atoms. The Morgan fingerprint density at radius 2 is 1.95 bits per heavy atom. The molecule has 0 aromatic heterocycles. The number of nitrogens with zero attached hydrogens (tertiary/aromatic N) is 2. The number of methoxy groups -OCH3 is 3. The quantitative estimate of drug-likeness (QED) is 0.704. The van der Waals surface area contributed by atoms with E-state index >= 15 is 0 Å². The van der Waals surface area contributed by atoms with Gasteiger partial charge in [-0.05, 0) is 17.7 Å². The summed E-state index contributed by atoms with van der Waals surface area (Å²) in [6.07, 6.45) is 0. The summed E-state index contributed by atoms with van der Waals surface area (Å²) >= 11 is 7.17. The first kappa shape index (κ1) is 17.3. The van der Waals surface area contributed by atoms with Crippen LogP contribution in [0, 0.1) is 0 Å². The summed E-state index contributed by atoms with van der Waals surface area (Å²) in [5.41, 5.74) is 1.15. The van der Waals surface area contributed by atoms with Gasteiger partial charge in [0, 0.05) is 20.2 Å². The number of thiocarbonyl (C=S) groups is 1.